The first-order valence-electron chi connectivity index (χ1n) is 7.71. The maximum absolute atomic E-state index is 12.4. The smallest absolute Gasteiger partial charge is 0.330 e. The van der Waals surface area contributed by atoms with Gasteiger partial charge >= 0.3 is 5.97 Å². The number of fused-ring (bicyclic) bond motifs is 2. The number of carbonyl (C=O) groups excluding carboxylic acids is 1. The van der Waals surface area contributed by atoms with Crippen LogP contribution in [0.5, 0.6) is 0 Å². The summed E-state index contributed by atoms with van der Waals surface area (Å²) in [5, 5.41) is 12.2. The van der Waals surface area contributed by atoms with Crippen LogP contribution in [0.4, 0.5) is 0 Å². The van der Waals surface area contributed by atoms with Crippen LogP contribution in [0.3, 0.4) is 0 Å². The largest absolute Gasteiger partial charge is 0.479 e. The second-order valence-corrected chi connectivity index (χ2v) is 6.34. The van der Waals surface area contributed by atoms with E-state index < -0.39 is 12.0 Å². The van der Waals surface area contributed by atoms with E-state index in [4.69, 9.17) is 4.74 Å². The Hall–Kier alpha value is -1.88. The van der Waals surface area contributed by atoms with Gasteiger partial charge in [-0.3, -0.25) is 4.79 Å². The van der Waals surface area contributed by atoms with Gasteiger partial charge in [-0.1, -0.05) is 18.2 Å². The monoisotopic (exact) mass is 303 g/mol. The van der Waals surface area contributed by atoms with Crippen molar-refractivity contribution in [2.75, 3.05) is 0 Å². The molecular formula is C17H21NO4. The zero-order valence-corrected chi connectivity index (χ0v) is 12.8. The Kier molecular flexibility index (Phi) is 3.91. The fraction of sp³-hybridized carbons (Fsp3) is 0.529. The van der Waals surface area contributed by atoms with Crippen LogP contribution in [0.1, 0.15) is 42.0 Å². The van der Waals surface area contributed by atoms with Gasteiger partial charge in [-0.25, -0.2) is 4.79 Å². The molecule has 0 aromatic heterocycles. The van der Waals surface area contributed by atoms with E-state index >= 15 is 0 Å². The van der Waals surface area contributed by atoms with Gasteiger partial charge in [0.2, 0.25) is 5.91 Å². The predicted molar refractivity (Wildman–Crippen MR) is 80.4 cm³/mol. The molecule has 5 heteroatoms. The first kappa shape index (κ1) is 15.0. The van der Waals surface area contributed by atoms with E-state index in [-0.39, 0.29) is 24.0 Å². The van der Waals surface area contributed by atoms with Crippen LogP contribution < -0.4 is 5.32 Å². The average molecular weight is 303 g/mol. The zero-order valence-electron chi connectivity index (χ0n) is 12.8. The molecule has 2 aliphatic rings. The number of aliphatic carboxylic acids is 1. The first-order chi connectivity index (χ1) is 10.5. The van der Waals surface area contributed by atoms with Crippen LogP contribution >= 0.6 is 0 Å². The highest BCUT2D eigenvalue weighted by atomic mass is 16.5. The lowest BCUT2D eigenvalue weighted by atomic mass is 9.88. The third kappa shape index (κ3) is 2.73. The molecule has 2 aliphatic heterocycles. The van der Waals surface area contributed by atoms with E-state index in [9.17, 15) is 14.7 Å². The molecule has 5 nitrogen and oxygen atoms in total. The zero-order chi connectivity index (χ0) is 15.9. The van der Waals surface area contributed by atoms with Gasteiger partial charge in [0.1, 0.15) is 0 Å². The highest BCUT2D eigenvalue weighted by molar-refractivity contribution is 5.86. The van der Waals surface area contributed by atoms with Gasteiger partial charge in [0, 0.05) is 0 Å². The standard InChI is InChI=1S/C17H21NO4/c1-9-3-4-11(7-10(9)2)15(17(20)21)18-16(19)13-8-12-5-6-14(13)22-12/h3-4,7,12-15H,5-6,8H2,1-2H3,(H,18,19)(H,20,21). The molecule has 2 N–H and O–H groups in total. The van der Waals surface area contributed by atoms with Gasteiger partial charge in [-0.2, -0.15) is 0 Å². The molecule has 0 radical (unpaired) electrons. The van der Waals surface area contributed by atoms with Gasteiger partial charge in [-0.05, 0) is 49.8 Å². The summed E-state index contributed by atoms with van der Waals surface area (Å²) < 4.78 is 5.68. The number of nitrogens with one attached hydrogen (secondary N) is 1. The SMILES string of the molecule is Cc1ccc(C(NC(=O)C2CC3CCC2O3)C(=O)O)cc1C. The van der Waals surface area contributed by atoms with Gasteiger partial charge in [0.05, 0.1) is 18.1 Å². The molecule has 118 valence electrons. The molecule has 4 atom stereocenters. The van der Waals surface area contributed by atoms with Gasteiger partial charge in [0.25, 0.3) is 0 Å². The normalized spacial score (nSPS) is 27.6. The van der Waals surface area contributed by atoms with Crippen molar-refractivity contribution in [1.29, 1.82) is 0 Å². The van der Waals surface area contributed by atoms with Crippen LogP contribution in [0.25, 0.3) is 0 Å². The number of benzene rings is 1. The highest BCUT2D eigenvalue weighted by Crippen LogP contribution is 2.39. The quantitative estimate of drug-likeness (QED) is 0.893. The fourth-order valence-corrected chi connectivity index (χ4v) is 3.39. The van der Waals surface area contributed by atoms with E-state index in [0.717, 1.165) is 24.0 Å². The lowest BCUT2D eigenvalue weighted by Gasteiger charge is -2.22. The minimum atomic E-state index is -1.04. The Morgan fingerprint density at radius 2 is 2.05 bits per heavy atom. The van der Waals surface area contributed by atoms with Crippen molar-refractivity contribution < 1.29 is 19.4 Å². The third-order valence-electron chi connectivity index (χ3n) is 4.84. The van der Waals surface area contributed by atoms with Gasteiger partial charge < -0.3 is 15.2 Å². The molecule has 2 saturated heterocycles. The van der Waals surface area contributed by atoms with E-state index in [2.05, 4.69) is 5.32 Å². The van der Waals surface area contributed by atoms with Gasteiger partial charge in [0.15, 0.2) is 6.04 Å². The number of aryl methyl sites for hydroxylation is 2. The lowest BCUT2D eigenvalue weighted by Crippen LogP contribution is -2.40. The molecule has 0 aliphatic carbocycles. The topological polar surface area (TPSA) is 75.6 Å². The molecule has 1 amide bonds. The molecule has 0 spiro atoms. The summed E-state index contributed by atoms with van der Waals surface area (Å²) in [6.45, 7) is 3.91. The minimum absolute atomic E-state index is 0.0424. The number of ether oxygens (including phenoxy) is 1. The van der Waals surface area contributed by atoms with Crippen LogP contribution in [0.2, 0.25) is 0 Å². The number of carboxylic acid groups (broad SMARTS) is 1. The van der Waals surface area contributed by atoms with E-state index in [1.54, 1.807) is 6.07 Å². The number of rotatable bonds is 4. The maximum atomic E-state index is 12.4. The van der Waals surface area contributed by atoms with E-state index in [1.165, 1.54) is 0 Å². The second-order valence-electron chi connectivity index (χ2n) is 6.34. The first-order valence-corrected chi connectivity index (χ1v) is 7.71. The molecule has 1 aromatic carbocycles. The minimum Gasteiger partial charge on any atom is -0.479 e. The van der Waals surface area contributed by atoms with E-state index in [0.29, 0.717) is 12.0 Å². The van der Waals surface area contributed by atoms with Crippen molar-refractivity contribution in [2.24, 2.45) is 5.92 Å². The summed E-state index contributed by atoms with van der Waals surface area (Å²) in [6, 6.07) is 4.46. The number of hydrogen-bond acceptors (Lipinski definition) is 3. The molecular weight excluding hydrogens is 282 g/mol. The summed E-state index contributed by atoms with van der Waals surface area (Å²) in [6.07, 6.45) is 2.73. The molecule has 2 fully saturated rings. The predicted octanol–water partition coefficient (Wildman–Crippen LogP) is 2.11. The fourth-order valence-electron chi connectivity index (χ4n) is 3.39. The molecule has 2 heterocycles. The Labute approximate surface area is 129 Å². The number of amides is 1. The van der Waals surface area contributed by atoms with Gasteiger partial charge in [-0.15, -0.1) is 0 Å². The number of carboxylic acids is 1. The summed E-state index contributed by atoms with van der Waals surface area (Å²) >= 11 is 0. The molecule has 2 bridgehead atoms. The third-order valence-corrected chi connectivity index (χ3v) is 4.84. The molecule has 0 saturated carbocycles. The van der Waals surface area contributed by atoms with Crippen molar-refractivity contribution in [3.05, 3.63) is 34.9 Å². The summed E-state index contributed by atoms with van der Waals surface area (Å²) in [7, 11) is 0. The van der Waals surface area contributed by atoms with Crippen LogP contribution in [-0.2, 0) is 14.3 Å². The number of carbonyl (C=O) groups is 2. The molecule has 22 heavy (non-hydrogen) atoms. The van der Waals surface area contributed by atoms with E-state index in [1.807, 2.05) is 26.0 Å². The Balaban J connectivity index is 1.75. The molecule has 3 rings (SSSR count). The van der Waals surface area contributed by atoms with Crippen LogP contribution in [0.15, 0.2) is 18.2 Å². The Morgan fingerprint density at radius 3 is 2.59 bits per heavy atom. The Morgan fingerprint density at radius 1 is 1.27 bits per heavy atom. The highest BCUT2D eigenvalue weighted by Gasteiger charge is 2.45. The van der Waals surface area contributed by atoms with Crippen LogP contribution in [0, 0.1) is 19.8 Å². The summed E-state index contributed by atoms with van der Waals surface area (Å²) in [4.78, 5) is 24.0. The molecule has 4 unspecified atom stereocenters. The van der Waals surface area contributed by atoms with Crippen molar-refractivity contribution in [3.8, 4) is 0 Å². The van der Waals surface area contributed by atoms with Crippen molar-refractivity contribution in [3.63, 3.8) is 0 Å². The van der Waals surface area contributed by atoms with Crippen LogP contribution in [-0.4, -0.2) is 29.2 Å². The lowest BCUT2D eigenvalue weighted by molar-refractivity contribution is -0.143. The van der Waals surface area contributed by atoms with Crippen molar-refractivity contribution >= 4 is 11.9 Å². The van der Waals surface area contributed by atoms with Crippen molar-refractivity contribution in [1.82, 2.24) is 5.32 Å². The van der Waals surface area contributed by atoms with Crippen molar-refractivity contribution in [2.45, 2.75) is 51.4 Å². The number of hydrogen-bond donors (Lipinski definition) is 2. The second kappa shape index (κ2) is 5.72. The maximum Gasteiger partial charge on any atom is 0.330 e. The summed E-state index contributed by atoms with van der Waals surface area (Å²) in [5.74, 6) is -1.47. The Bertz CT molecular complexity index is 613. The average Bonchev–Trinajstić information content (AvgIpc) is 3.10. The molecule has 1 aromatic rings. The summed E-state index contributed by atoms with van der Waals surface area (Å²) in [5.41, 5.74) is 2.72.